The second-order valence-corrected chi connectivity index (χ2v) is 6.16. The number of hydrogen-bond acceptors (Lipinski definition) is 2. The van der Waals surface area contributed by atoms with Crippen molar-refractivity contribution in [2.45, 2.75) is 57.9 Å². The van der Waals surface area contributed by atoms with Gasteiger partial charge in [0.05, 0.1) is 6.42 Å². The van der Waals surface area contributed by atoms with Gasteiger partial charge in [0, 0.05) is 5.54 Å². The van der Waals surface area contributed by atoms with Crippen LogP contribution < -0.4 is 0 Å². The molecule has 2 rings (SSSR count). The van der Waals surface area contributed by atoms with E-state index in [1.165, 1.54) is 25.7 Å². The lowest BCUT2D eigenvalue weighted by molar-refractivity contribution is -0.143. The van der Waals surface area contributed by atoms with Crippen molar-refractivity contribution in [3.05, 3.63) is 0 Å². The van der Waals surface area contributed by atoms with Gasteiger partial charge in [-0.2, -0.15) is 0 Å². The minimum Gasteiger partial charge on any atom is -0.481 e. The van der Waals surface area contributed by atoms with Gasteiger partial charge < -0.3 is 5.11 Å². The fraction of sp³-hybridized carbons (Fsp3) is 0.929. The summed E-state index contributed by atoms with van der Waals surface area (Å²) in [7, 11) is 0. The molecule has 1 heterocycles. The van der Waals surface area contributed by atoms with Crippen LogP contribution in [0.4, 0.5) is 0 Å². The Labute approximate surface area is 104 Å². The molecule has 0 aromatic carbocycles. The van der Waals surface area contributed by atoms with Crippen LogP contribution in [0.15, 0.2) is 0 Å². The van der Waals surface area contributed by atoms with Gasteiger partial charge in [-0.05, 0) is 50.6 Å². The summed E-state index contributed by atoms with van der Waals surface area (Å²) in [6.07, 6.45) is 6.32. The maximum absolute atomic E-state index is 11.3. The number of aliphatic carboxylic acids is 1. The number of likely N-dealkylation sites (tertiary alicyclic amines) is 1. The van der Waals surface area contributed by atoms with Crippen LogP contribution in [-0.4, -0.2) is 34.6 Å². The summed E-state index contributed by atoms with van der Waals surface area (Å²) < 4.78 is 0. The molecule has 1 N–H and O–H groups in total. The minimum atomic E-state index is -0.627. The van der Waals surface area contributed by atoms with E-state index in [0.29, 0.717) is 18.3 Å². The molecule has 98 valence electrons. The molecule has 3 unspecified atom stereocenters. The van der Waals surface area contributed by atoms with Crippen LogP contribution in [-0.2, 0) is 4.79 Å². The van der Waals surface area contributed by atoms with E-state index in [1.807, 2.05) is 0 Å². The average Bonchev–Trinajstić information content (AvgIpc) is 2.76. The van der Waals surface area contributed by atoms with Crippen molar-refractivity contribution < 1.29 is 9.90 Å². The smallest absolute Gasteiger partial charge is 0.305 e. The molecule has 1 saturated heterocycles. The third-order valence-electron chi connectivity index (χ3n) is 4.90. The first-order chi connectivity index (χ1) is 8.04. The summed E-state index contributed by atoms with van der Waals surface area (Å²) in [6.45, 7) is 6.74. The second kappa shape index (κ2) is 4.97. The first-order valence-corrected chi connectivity index (χ1v) is 7.01. The highest BCUT2D eigenvalue weighted by Crippen LogP contribution is 2.44. The number of carboxylic acid groups (broad SMARTS) is 1. The van der Waals surface area contributed by atoms with Gasteiger partial charge in [-0.25, -0.2) is 0 Å². The Morgan fingerprint density at radius 1 is 1.29 bits per heavy atom. The van der Waals surface area contributed by atoms with Crippen molar-refractivity contribution >= 4 is 5.97 Å². The molecule has 1 aliphatic heterocycles. The Bertz CT molecular complexity index is 286. The predicted octanol–water partition coefficient (Wildman–Crippen LogP) is 2.75. The van der Waals surface area contributed by atoms with E-state index in [9.17, 15) is 9.90 Å². The van der Waals surface area contributed by atoms with Gasteiger partial charge >= 0.3 is 5.97 Å². The van der Waals surface area contributed by atoms with E-state index in [-0.39, 0.29) is 5.54 Å². The number of carboxylic acids is 1. The Kier molecular flexibility index (Phi) is 3.76. The standard InChI is InChI=1S/C14H25NO2/c1-11-5-6-12(2)14(9-11,10-13(16)17)15-7-3-4-8-15/h11-12H,3-10H2,1-2H3,(H,16,17). The van der Waals surface area contributed by atoms with Crippen molar-refractivity contribution in [3.8, 4) is 0 Å². The minimum absolute atomic E-state index is 0.0556. The van der Waals surface area contributed by atoms with Gasteiger partial charge in [0.15, 0.2) is 0 Å². The fourth-order valence-electron chi connectivity index (χ4n) is 3.93. The van der Waals surface area contributed by atoms with Crippen molar-refractivity contribution in [1.82, 2.24) is 4.90 Å². The van der Waals surface area contributed by atoms with E-state index in [4.69, 9.17) is 0 Å². The quantitative estimate of drug-likeness (QED) is 0.823. The fourth-order valence-corrected chi connectivity index (χ4v) is 3.93. The van der Waals surface area contributed by atoms with E-state index in [0.717, 1.165) is 19.5 Å². The number of carbonyl (C=O) groups is 1. The topological polar surface area (TPSA) is 40.5 Å². The molecule has 0 radical (unpaired) electrons. The molecule has 1 aliphatic carbocycles. The number of nitrogens with zero attached hydrogens (tertiary/aromatic N) is 1. The molecule has 0 bridgehead atoms. The summed E-state index contributed by atoms with van der Waals surface area (Å²) in [6, 6.07) is 0. The van der Waals surface area contributed by atoms with Gasteiger partial charge in [-0.3, -0.25) is 9.69 Å². The zero-order chi connectivity index (χ0) is 12.5. The van der Waals surface area contributed by atoms with E-state index < -0.39 is 5.97 Å². The summed E-state index contributed by atoms with van der Waals surface area (Å²) in [4.78, 5) is 13.7. The molecule has 0 aromatic rings. The Hall–Kier alpha value is -0.570. The molecule has 1 saturated carbocycles. The summed E-state index contributed by atoms with van der Waals surface area (Å²) in [5.74, 6) is 0.567. The number of hydrogen-bond donors (Lipinski definition) is 1. The Balaban J connectivity index is 2.22. The van der Waals surface area contributed by atoms with E-state index >= 15 is 0 Å². The van der Waals surface area contributed by atoms with Gasteiger partial charge in [0.1, 0.15) is 0 Å². The van der Waals surface area contributed by atoms with Crippen LogP contribution in [0.5, 0.6) is 0 Å². The third kappa shape index (κ3) is 2.49. The van der Waals surface area contributed by atoms with Crippen LogP contribution in [0.3, 0.4) is 0 Å². The van der Waals surface area contributed by atoms with Crippen LogP contribution in [0.1, 0.15) is 52.4 Å². The highest BCUT2D eigenvalue weighted by molar-refractivity contribution is 5.68. The SMILES string of the molecule is CC1CCC(C)C(CC(=O)O)(N2CCCC2)C1. The Morgan fingerprint density at radius 3 is 2.53 bits per heavy atom. The molecular weight excluding hydrogens is 214 g/mol. The molecule has 2 fully saturated rings. The lowest BCUT2D eigenvalue weighted by Crippen LogP contribution is -2.56. The Morgan fingerprint density at radius 2 is 1.94 bits per heavy atom. The maximum atomic E-state index is 11.3. The van der Waals surface area contributed by atoms with Crippen molar-refractivity contribution in [2.24, 2.45) is 11.8 Å². The lowest BCUT2D eigenvalue weighted by atomic mass is 9.67. The molecular formula is C14H25NO2. The van der Waals surface area contributed by atoms with Crippen molar-refractivity contribution in [2.75, 3.05) is 13.1 Å². The van der Waals surface area contributed by atoms with E-state index in [1.54, 1.807) is 0 Å². The number of rotatable bonds is 3. The molecule has 3 heteroatoms. The zero-order valence-electron chi connectivity index (χ0n) is 11.1. The second-order valence-electron chi connectivity index (χ2n) is 6.16. The van der Waals surface area contributed by atoms with Gasteiger partial charge in [0.2, 0.25) is 0 Å². The normalized spacial score (nSPS) is 39.4. The summed E-state index contributed by atoms with van der Waals surface area (Å²) in [5, 5.41) is 9.27. The molecule has 0 aromatic heterocycles. The van der Waals surface area contributed by atoms with Crippen LogP contribution in [0.2, 0.25) is 0 Å². The molecule has 2 aliphatic rings. The van der Waals surface area contributed by atoms with Gasteiger partial charge in [-0.15, -0.1) is 0 Å². The zero-order valence-corrected chi connectivity index (χ0v) is 11.1. The molecule has 3 nitrogen and oxygen atoms in total. The highest BCUT2D eigenvalue weighted by Gasteiger charge is 2.47. The van der Waals surface area contributed by atoms with Crippen LogP contribution in [0.25, 0.3) is 0 Å². The predicted molar refractivity (Wildman–Crippen MR) is 68.0 cm³/mol. The first-order valence-electron chi connectivity index (χ1n) is 7.01. The lowest BCUT2D eigenvalue weighted by Gasteiger charge is -2.50. The molecule has 0 spiro atoms. The summed E-state index contributed by atoms with van der Waals surface area (Å²) >= 11 is 0. The van der Waals surface area contributed by atoms with E-state index in [2.05, 4.69) is 18.7 Å². The third-order valence-corrected chi connectivity index (χ3v) is 4.90. The molecule has 17 heavy (non-hydrogen) atoms. The van der Waals surface area contributed by atoms with Gasteiger partial charge in [0.25, 0.3) is 0 Å². The van der Waals surface area contributed by atoms with Gasteiger partial charge in [-0.1, -0.05) is 20.3 Å². The van der Waals surface area contributed by atoms with Crippen molar-refractivity contribution in [1.29, 1.82) is 0 Å². The first kappa shape index (κ1) is 12.9. The molecule has 3 atom stereocenters. The highest BCUT2D eigenvalue weighted by atomic mass is 16.4. The molecule has 0 amide bonds. The maximum Gasteiger partial charge on any atom is 0.305 e. The van der Waals surface area contributed by atoms with Crippen molar-refractivity contribution in [3.63, 3.8) is 0 Å². The largest absolute Gasteiger partial charge is 0.481 e. The summed E-state index contributed by atoms with van der Waals surface area (Å²) in [5.41, 5.74) is -0.0556. The monoisotopic (exact) mass is 239 g/mol. The van der Waals surface area contributed by atoms with Crippen LogP contribution in [0, 0.1) is 11.8 Å². The van der Waals surface area contributed by atoms with Crippen LogP contribution >= 0.6 is 0 Å². The average molecular weight is 239 g/mol.